The molecule has 1 aliphatic rings. The van der Waals surface area contributed by atoms with Crippen molar-refractivity contribution in [1.29, 1.82) is 0 Å². The second-order valence-corrected chi connectivity index (χ2v) is 5.58. The van der Waals surface area contributed by atoms with Crippen molar-refractivity contribution >= 4 is 5.97 Å². The number of carbonyl (C=O) groups excluding carboxylic acids is 1. The number of benzene rings is 2. The molecule has 5 heteroatoms. The van der Waals surface area contributed by atoms with Crippen LogP contribution in [0.4, 0.5) is 4.39 Å². The maximum Gasteiger partial charge on any atom is 0.347 e. The number of halogens is 1. The number of hydrogen-bond donors (Lipinski definition) is 0. The first-order valence-electron chi connectivity index (χ1n) is 7.99. The average Bonchev–Trinajstić information content (AvgIpc) is 2.61. The average molecular weight is 330 g/mol. The molecule has 0 aromatic heterocycles. The minimum atomic E-state index is -0.565. The normalized spacial score (nSPS) is 16.0. The van der Waals surface area contributed by atoms with Crippen molar-refractivity contribution in [2.45, 2.75) is 32.5 Å². The highest BCUT2D eigenvalue weighted by Gasteiger charge is 2.27. The van der Waals surface area contributed by atoms with E-state index in [0.717, 1.165) is 17.5 Å². The fourth-order valence-electron chi connectivity index (χ4n) is 2.59. The number of aryl methyl sites for hydroxylation is 1. The van der Waals surface area contributed by atoms with Crippen molar-refractivity contribution in [3.05, 3.63) is 59.4 Å². The first-order chi connectivity index (χ1) is 11.7. The summed E-state index contributed by atoms with van der Waals surface area (Å²) in [5.74, 6) is 0.685. The molecule has 2 aromatic carbocycles. The Hall–Kier alpha value is -2.56. The predicted octanol–water partition coefficient (Wildman–Crippen LogP) is 3.66. The lowest BCUT2D eigenvalue weighted by Gasteiger charge is -2.25. The third-order valence-corrected chi connectivity index (χ3v) is 3.85. The van der Waals surface area contributed by atoms with Gasteiger partial charge in [0, 0.05) is 6.07 Å². The summed E-state index contributed by atoms with van der Waals surface area (Å²) >= 11 is 0. The molecular formula is C19H19FO4. The highest BCUT2D eigenvalue weighted by molar-refractivity contribution is 5.75. The summed E-state index contributed by atoms with van der Waals surface area (Å²) in [5.41, 5.74) is 1.92. The zero-order valence-corrected chi connectivity index (χ0v) is 13.5. The number of carbonyl (C=O) groups is 1. The Kier molecular flexibility index (Phi) is 4.99. The summed E-state index contributed by atoms with van der Waals surface area (Å²) in [4.78, 5) is 11.8. The van der Waals surface area contributed by atoms with Crippen LogP contribution < -0.4 is 9.47 Å². The SMILES string of the molecule is CCOC(=O)C1CCc2ccc(OCc3ccc(F)cc3)cc2O1. The molecule has 4 nitrogen and oxygen atoms in total. The smallest absolute Gasteiger partial charge is 0.347 e. The van der Waals surface area contributed by atoms with E-state index in [1.165, 1.54) is 12.1 Å². The second kappa shape index (κ2) is 7.34. The molecule has 0 N–H and O–H groups in total. The van der Waals surface area contributed by atoms with Crippen LogP contribution in [0.1, 0.15) is 24.5 Å². The number of ether oxygens (including phenoxy) is 3. The van der Waals surface area contributed by atoms with Gasteiger partial charge in [-0.3, -0.25) is 0 Å². The van der Waals surface area contributed by atoms with Crippen LogP contribution in [-0.2, 0) is 22.6 Å². The molecule has 0 aliphatic carbocycles. The molecule has 1 atom stereocenters. The van der Waals surface area contributed by atoms with Crippen molar-refractivity contribution in [3.63, 3.8) is 0 Å². The molecule has 0 spiro atoms. The monoisotopic (exact) mass is 330 g/mol. The van der Waals surface area contributed by atoms with Gasteiger partial charge in [0.2, 0.25) is 0 Å². The quantitative estimate of drug-likeness (QED) is 0.785. The molecule has 2 aromatic rings. The second-order valence-electron chi connectivity index (χ2n) is 5.58. The first-order valence-corrected chi connectivity index (χ1v) is 7.99. The third kappa shape index (κ3) is 3.85. The summed E-state index contributed by atoms with van der Waals surface area (Å²) in [6.45, 7) is 2.45. The van der Waals surface area contributed by atoms with Crippen LogP contribution >= 0.6 is 0 Å². The molecule has 0 bridgehead atoms. The van der Waals surface area contributed by atoms with Gasteiger partial charge in [-0.25, -0.2) is 9.18 Å². The Morgan fingerprint density at radius 1 is 1.25 bits per heavy atom. The Morgan fingerprint density at radius 2 is 2.04 bits per heavy atom. The fraction of sp³-hybridized carbons (Fsp3) is 0.316. The van der Waals surface area contributed by atoms with Gasteiger partial charge < -0.3 is 14.2 Å². The molecule has 0 saturated carbocycles. The summed E-state index contributed by atoms with van der Waals surface area (Å²) in [6, 6.07) is 11.8. The summed E-state index contributed by atoms with van der Waals surface area (Å²) in [6.07, 6.45) is 0.809. The molecule has 1 unspecified atom stereocenters. The number of fused-ring (bicyclic) bond motifs is 1. The van der Waals surface area contributed by atoms with Gasteiger partial charge in [0.25, 0.3) is 0 Å². The van der Waals surface area contributed by atoms with E-state index in [-0.39, 0.29) is 11.8 Å². The van der Waals surface area contributed by atoms with Gasteiger partial charge in [0.15, 0.2) is 6.10 Å². The van der Waals surface area contributed by atoms with Crippen molar-refractivity contribution in [3.8, 4) is 11.5 Å². The summed E-state index contributed by atoms with van der Waals surface area (Å²) in [5, 5.41) is 0. The van der Waals surface area contributed by atoms with Crippen LogP contribution in [0.3, 0.4) is 0 Å². The molecule has 0 fully saturated rings. The summed E-state index contributed by atoms with van der Waals surface area (Å²) in [7, 11) is 0. The highest BCUT2D eigenvalue weighted by atomic mass is 19.1. The van der Waals surface area contributed by atoms with Crippen molar-refractivity contribution < 1.29 is 23.4 Å². The van der Waals surface area contributed by atoms with E-state index in [1.807, 2.05) is 12.1 Å². The molecule has 0 radical (unpaired) electrons. The van der Waals surface area contributed by atoms with Gasteiger partial charge in [-0.05, 0) is 49.1 Å². The van der Waals surface area contributed by atoms with Gasteiger partial charge in [-0.15, -0.1) is 0 Å². The zero-order chi connectivity index (χ0) is 16.9. The molecule has 0 saturated heterocycles. The minimum absolute atomic E-state index is 0.272. The Morgan fingerprint density at radius 3 is 2.79 bits per heavy atom. The maximum absolute atomic E-state index is 12.9. The molecule has 0 amide bonds. The standard InChI is InChI=1S/C19H19FO4/c1-2-22-19(21)17-10-6-14-5-9-16(11-18(14)24-17)23-12-13-3-7-15(20)8-4-13/h3-5,7-9,11,17H,2,6,10,12H2,1H3. The van der Waals surface area contributed by atoms with Crippen molar-refractivity contribution in [2.24, 2.45) is 0 Å². The minimum Gasteiger partial charge on any atom is -0.489 e. The van der Waals surface area contributed by atoms with E-state index in [1.54, 1.807) is 25.1 Å². The lowest BCUT2D eigenvalue weighted by atomic mass is 10.0. The maximum atomic E-state index is 12.9. The van der Waals surface area contributed by atoms with Crippen LogP contribution in [0.15, 0.2) is 42.5 Å². The Labute approximate surface area is 140 Å². The lowest BCUT2D eigenvalue weighted by molar-refractivity contribution is -0.152. The van der Waals surface area contributed by atoms with Gasteiger partial charge in [-0.1, -0.05) is 18.2 Å². The molecule has 126 valence electrons. The Bertz CT molecular complexity index is 712. The van der Waals surface area contributed by atoms with Gasteiger partial charge in [0.1, 0.15) is 23.9 Å². The number of esters is 1. The molecule has 1 heterocycles. The fourth-order valence-corrected chi connectivity index (χ4v) is 2.59. The van der Waals surface area contributed by atoms with Gasteiger partial charge in [0.05, 0.1) is 6.61 Å². The van der Waals surface area contributed by atoms with Crippen LogP contribution in [-0.4, -0.2) is 18.7 Å². The zero-order valence-electron chi connectivity index (χ0n) is 13.5. The predicted molar refractivity (Wildman–Crippen MR) is 86.5 cm³/mol. The first kappa shape index (κ1) is 16.3. The highest BCUT2D eigenvalue weighted by Crippen LogP contribution is 2.32. The lowest BCUT2D eigenvalue weighted by Crippen LogP contribution is -2.32. The van der Waals surface area contributed by atoms with E-state index in [4.69, 9.17) is 14.2 Å². The van der Waals surface area contributed by atoms with Crippen LogP contribution in [0.2, 0.25) is 0 Å². The van der Waals surface area contributed by atoms with Crippen molar-refractivity contribution in [2.75, 3.05) is 6.61 Å². The van der Waals surface area contributed by atoms with E-state index >= 15 is 0 Å². The van der Waals surface area contributed by atoms with Crippen molar-refractivity contribution in [1.82, 2.24) is 0 Å². The molecule has 1 aliphatic heterocycles. The summed E-state index contributed by atoms with van der Waals surface area (Å²) < 4.78 is 29.4. The molecule has 3 rings (SSSR count). The van der Waals surface area contributed by atoms with Crippen LogP contribution in [0.5, 0.6) is 11.5 Å². The molecular weight excluding hydrogens is 311 g/mol. The van der Waals surface area contributed by atoms with E-state index in [9.17, 15) is 9.18 Å². The van der Waals surface area contributed by atoms with Gasteiger partial charge >= 0.3 is 5.97 Å². The number of hydrogen-bond acceptors (Lipinski definition) is 4. The largest absolute Gasteiger partial charge is 0.489 e. The third-order valence-electron chi connectivity index (χ3n) is 3.85. The van der Waals surface area contributed by atoms with E-state index < -0.39 is 6.10 Å². The van der Waals surface area contributed by atoms with E-state index in [0.29, 0.717) is 31.1 Å². The van der Waals surface area contributed by atoms with Crippen LogP contribution in [0.25, 0.3) is 0 Å². The molecule has 24 heavy (non-hydrogen) atoms. The van der Waals surface area contributed by atoms with Crippen LogP contribution in [0, 0.1) is 5.82 Å². The van der Waals surface area contributed by atoms with Gasteiger partial charge in [-0.2, -0.15) is 0 Å². The number of rotatable bonds is 5. The topological polar surface area (TPSA) is 44.8 Å². The Balaban J connectivity index is 1.66. The van der Waals surface area contributed by atoms with E-state index in [2.05, 4.69) is 0 Å².